The van der Waals surface area contributed by atoms with Crippen LogP contribution in [0.3, 0.4) is 0 Å². The van der Waals surface area contributed by atoms with Crippen LogP contribution in [-0.4, -0.2) is 51.2 Å². The van der Waals surface area contributed by atoms with Crippen molar-refractivity contribution in [3.8, 4) is 0 Å². The number of hydrogen-bond donors (Lipinski definition) is 3. The van der Waals surface area contributed by atoms with Gasteiger partial charge in [-0.25, -0.2) is 4.98 Å². The lowest BCUT2D eigenvalue weighted by molar-refractivity contribution is -0.138. The zero-order valence-corrected chi connectivity index (χ0v) is 20.2. The second-order valence-corrected chi connectivity index (χ2v) is 9.56. The predicted molar refractivity (Wildman–Crippen MR) is 128 cm³/mol. The number of nitrogens with one attached hydrogen (secondary N) is 3. The zero-order chi connectivity index (χ0) is 24.0. The maximum absolute atomic E-state index is 13.2. The van der Waals surface area contributed by atoms with Gasteiger partial charge in [-0.15, -0.1) is 0 Å². The minimum absolute atomic E-state index is 0.0452. The van der Waals surface area contributed by atoms with E-state index in [1.807, 2.05) is 56.9 Å². The summed E-state index contributed by atoms with van der Waals surface area (Å²) in [6.07, 6.45) is 4.05. The smallest absolute Gasteiger partial charge is 0.243 e. The van der Waals surface area contributed by atoms with Gasteiger partial charge in [0.15, 0.2) is 0 Å². The van der Waals surface area contributed by atoms with Crippen LogP contribution in [0.4, 0.5) is 0 Å². The van der Waals surface area contributed by atoms with E-state index in [1.54, 1.807) is 0 Å². The van der Waals surface area contributed by atoms with Crippen LogP contribution in [0.1, 0.15) is 78.1 Å². The van der Waals surface area contributed by atoms with Crippen LogP contribution >= 0.6 is 0 Å². The second-order valence-electron chi connectivity index (χ2n) is 9.56. The van der Waals surface area contributed by atoms with Gasteiger partial charge in [0.25, 0.3) is 0 Å². The van der Waals surface area contributed by atoms with E-state index in [1.165, 1.54) is 0 Å². The van der Waals surface area contributed by atoms with Gasteiger partial charge in [0.2, 0.25) is 17.7 Å². The first kappa shape index (κ1) is 24.7. The molecular weight excluding hydrogens is 418 g/mol. The highest BCUT2D eigenvalue weighted by Crippen LogP contribution is 2.19. The molecule has 1 fully saturated rings. The molecule has 0 unspecified atom stereocenters. The lowest BCUT2D eigenvalue weighted by atomic mass is 10.0. The van der Waals surface area contributed by atoms with Crippen molar-refractivity contribution < 1.29 is 14.4 Å². The SMILES string of the molecule is CC(C)CCC(=O)N[C@@H](CC(=O)N1CCCC[C@@H]1C)C(=O)N[C@@H](C)c1nc2ccccc2[nH]1. The van der Waals surface area contributed by atoms with Crippen LogP contribution in [0.25, 0.3) is 11.0 Å². The van der Waals surface area contributed by atoms with Crippen LogP contribution in [0.2, 0.25) is 0 Å². The number of H-pyrrole nitrogens is 1. The molecule has 3 atom stereocenters. The summed E-state index contributed by atoms with van der Waals surface area (Å²) in [6, 6.07) is 6.50. The number of carbonyl (C=O) groups is 3. The lowest BCUT2D eigenvalue weighted by Gasteiger charge is -2.34. The van der Waals surface area contributed by atoms with Crippen molar-refractivity contribution in [3.63, 3.8) is 0 Å². The quantitative estimate of drug-likeness (QED) is 0.538. The molecule has 3 N–H and O–H groups in total. The van der Waals surface area contributed by atoms with Gasteiger partial charge in [0, 0.05) is 19.0 Å². The Bertz CT molecular complexity index is 937. The van der Waals surface area contributed by atoms with E-state index in [2.05, 4.69) is 20.6 Å². The summed E-state index contributed by atoms with van der Waals surface area (Å²) in [5, 5.41) is 5.74. The highest BCUT2D eigenvalue weighted by Gasteiger charge is 2.30. The summed E-state index contributed by atoms with van der Waals surface area (Å²) in [6.45, 7) is 8.67. The normalized spacial score (nSPS) is 18.2. The molecule has 3 amide bonds. The Morgan fingerprint density at radius 3 is 2.61 bits per heavy atom. The number of likely N-dealkylation sites (tertiary alicyclic amines) is 1. The number of rotatable bonds is 9. The van der Waals surface area contributed by atoms with Crippen molar-refractivity contribution in [2.24, 2.45) is 5.92 Å². The van der Waals surface area contributed by atoms with Gasteiger partial charge in [-0.1, -0.05) is 26.0 Å². The first-order chi connectivity index (χ1) is 15.7. The minimum atomic E-state index is -0.918. The molecule has 0 saturated carbocycles. The molecule has 0 bridgehead atoms. The Labute approximate surface area is 195 Å². The van der Waals surface area contributed by atoms with Gasteiger partial charge in [-0.2, -0.15) is 0 Å². The van der Waals surface area contributed by atoms with Gasteiger partial charge in [0.1, 0.15) is 11.9 Å². The first-order valence-corrected chi connectivity index (χ1v) is 12.1. The number of nitrogens with zero attached hydrogens (tertiary/aromatic N) is 2. The minimum Gasteiger partial charge on any atom is -0.345 e. The van der Waals surface area contributed by atoms with Gasteiger partial charge >= 0.3 is 0 Å². The average Bonchev–Trinajstić information content (AvgIpc) is 3.22. The predicted octanol–water partition coefficient (Wildman–Crippen LogP) is 3.45. The van der Waals surface area contributed by atoms with Gasteiger partial charge < -0.3 is 20.5 Å². The van der Waals surface area contributed by atoms with E-state index in [0.717, 1.165) is 36.7 Å². The molecule has 180 valence electrons. The molecule has 33 heavy (non-hydrogen) atoms. The number of aromatic nitrogens is 2. The maximum Gasteiger partial charge on any atom is 0.243 e. The first-order valence-electron chi connectivity index (χ1n) is 12.1. The van der Waals surface area contributed by atoms with Crippen molar-refractivity contribution in [3.05, 3.63) is 30.1 Å². The topological polar surface area (TPSA) is 107 Å². The summed E-state index contributed by atoms with van der Waals surface area (Å²) < 4.78 is 0. The largest absolute Gasteiger partial charge is 0.345 e. The number of imidazole rings is 1. The molecule has 3 rings (SSSR count). The highest BCUT2D eigenvalue weighted by atomic mass is 16.2. The van der Waals surface area contributed by atoms with E-state index < -0.39 is 12.1 Å². The summed E-state index contributed by atoms with van der Waals surface area (Å²) in [5.41, 5.74) is 1.71. The lowest BCUT2D eigenvalue weighted by Crippen LogP contribution is -2.51. The Balaban J connectivity index is 1.69. The van der Waals surface area contributed by atoms with E-state index in [0.29, 0.717) is 24.7 Å². The monoisotopic (exact) mass is 455 g/mol. The zero-order valence-electron chi connectivity index (χ0n) is 20.2. The van der Waals surface area contributed by atoms with Crippen molar-refractivity contribution >= 4 is 28.8 Å². The molecule has 1 aromatic heterocycles. The van der Waals surface area contributed by atoms with Crippen molar-refractivity contribution in [2.45, 2.75) is 84.3 Å². The third-order valence-electron chi connectivity index (χ3n) is 6.28. The van der Waals surface area contributed by atoms with E-state index in [9.17, 15) is 14.4 Å². The summed E-state index contributed by atoms with van der Waals surface area (Å²) in [4.78, 5) is 48.3. The summed E-state index contributed by atoms with van der Waals surface area (Å²) in [7, 11) is 0. The number of hydrogen-bond acceptors (Lipinski definition) is 4. The molecule has 2 heterocycles. The highest BCUT2D eigenvalue weighted by molar-refractivity contribution is 5.92. The number of piperidine rings is 1. The molecule has 1 aromatic carbocycles. The van der Waals surface area contributed by atoms with Crippen molar-refractivity contribution in [2.75, 3.05) is 6.54 Å². The Morgan fingerprint density at radius 2 is 1.91 bits per heavy atom. The molecule has 0 aliphatic carbocycles. The number of benzene rings is 1. The fourth-order valence-corrected chi connectivity index (χ4v) is 4.22. The standard InChI is InChI=1S/C25H37N5O3/c1-16(2)12-13-22(31)27-21(15-23(32)30-14-8-7-9-17(30)3)25(33)26-18(4)24-28-19-10-5-6-11-20(19)29-24/h5-6,10-11,16-18,21H,7-9,12-15H2,1-4H3,(H,26,33)(H,27,31)(H,28,29)/t17-,18-,21-/m0/s1. The summed E-state index contributed by atoms with van der Waals surface area (Å²) in [5.74, 6) is 0.332. The van der Waals surface area contributed by atoms with Crippen LogP contribution in [-0.2, 0) is 14.4 Å². The van der Waals surface area contributed by atoms with E-state index >= 15 is 0 Å². The average molecular weight is 456 g/mol. The van der Waals surface area contributed by atoms with Gasteiger partial charge in [-0.3, -0.25) is 14.4 Å². The van der Waals surface area contributed by atoms with Crippen molar-refractivity contribution in [1.29, 1.82) is 0 Å². The fourth-order valence-electron chi connectivity index (χ4n) is 4.22. The number of para-hydroxylation sites is 2. The summed E-state index contributed by atoms with van der Waals surface area (Å²) >= 11 is 0. The second kappa shape index (κ2) is 11.3. The third kappa shape index (κ3) is 6.79. The van der Waals surface area contributed by atoms with E-state index in [4.69, 9.17) is 0 Å². The fraction of sp³-hybridized carbons (Fsp3) is 0.600. The Morgan fingerprint density at radius 1 is 1.15 bits per heavy atom. The molecule has 1 saturated heterocycles. The molecule has 1 aliphatic heterocycles. The maximum atomic E-state index is 13.2. The molecule has 2 aromatic rings. The molecule has 8 nitrogen and oxygen atoms in total. The van der Waals surface area contributed by atoms with Gasteiger partial charge in [0.05, 0.1) is 23.5 Å². The van der Waals surface area contributed by atoms with Crippen LogP contribution < -0.4 is 10.6 Å². The van der Waals surface area contributed by atoms with E-state index in [-0.39, 0.29) is 30.2 Å². The Kier molecular flexibility index (Phi) is 8.47. The molecule has 1 aliphatic rings. The number of carbonyl (C=O) groups excluding carboxylic acids is 3. The Hall–Kier alpha value is -2.90. The van der Waals surface area contributed by atoms with Crippen LogP contribution in [0, 0.1) is 5.92 Å². The number of aromatic amines is 1. The van der Waals surface area contributed by atoms with Gasteiger partial charge in [-0.05, 0) is 57.6 Å². The van der Waals surface area contributed by atoms with Crippen molar-refractivity contribution in [1.82, 2.24) is 25.5 Å². The molecule has 0 spiro atoms. The molecular formula is C25H37N5O3. The molecule has 0 radical (unpaired) electrons. The van der Waals surface area contributed by atoms with Crippen LogP contribution in [0.5, 0.6) is 0 Å². The molecule has 8 heteroatoms. The number of fused-ring (bicyclic) bond motifs is 1. The van der Waals surface area contributed by atoms with Crippen LogP contribution in [0.15, 0.2) is 24.3 Å². The number of amides is 3. The third-order valence-corrected chi connectivity index (χ3v) is 6.28.